The summed E-state index contributed by atoms with van der Waals surface area (Å²) < 4.78 is 5.82. The Balaban J connectivity index is 2.82. The van der Waals surface area contributed by atoms with Crippen molar-refractivity contribution in [1.29, 1.82) is 0 Å². The molecule has 0 saturated heterocycles. The van der Waals surface area contributed by atoms with Gasteiger partial charge >= 0.3 is 6.09 Å². The smallest absolute Gasteiger partial charge is 0.408 e. The highest BCUT2D eigenvalue weighted by Crippen LogP contribution is 2.17. The van der Waals surface area contributed by atoms with Gasteiger partial charge in [-0.1, -0.05) is 28.1 Å². The lowest BCUT2D eigenvalue weighted by atomic mass is 10.1. The van der Waals surface area contributed by atoms with Gasteiger partial charge in [-0.2, -0.15) is 0 Å². The van der Waals surface area contributed by atoms with Crippen LogP contribution in [0.1, 0.15) is 32.4 Å². The Morgan fingerprint density at radius 3 is 2.21 bits per heavy atom. The third-order valence-corrected chi connectivity index (χ3v) is 2.63. The molecule has 0 heterocycles. The average Bonchev–Trinajstić information content (AvgIpc) is 2.24. The largest absolute Gasteiger partial charge is 0.548 e. The van der Waals surface area contributed by atoms with Gasteiger partial charge in [0, 0.05) is 4.47 Å². The van der Waals surface area contributed by atoms with Crippen molar-refractivity contribution in [2.75, 3.05) is 0 Å². The van der Waals surface area contributed by atoms with Crippen molar-refractivity contribution in [3.8, 4) is 0 Å². The average molecular weight is 329 g/mol. The highest BCUT2D eigenvalue weighted by molar-refractivity contribution is 9.10. The predicted molar refractivity (Wildman–Crippen MR) is 71.3 cm³/mol. The Hall–Kier alpha value is -1.56. The van der Waals surface area contributed by atoms with Gasteiger partial charge in [-0.3, -0.25) is 0 Å². The van der Waals surface area contributed by atoms with E-state index in [0.29, 0.717) is 5.56 Å². The molecule has 0 aliphatic heterocycles. The van der Waals surface area contributed by atoms with Crippen LogP contribution in [0.3, 0.4) is 0 Å². The molecule has 1 aromatic carbocycles. The number of halogens is 1. The fourth-order valence-electron chi connectivity index (χ4n) is 1.36. The first-order valence-electron chi connectivity index (χ1n) is 5.65. The van der Waals surface area contributed by atoms with Crippen LogP contribution in [0.25, 0.3) is 0 Å². The zero-order valence-electron chi connectivity index (χ0n) is 10.9. The summed E-state index contributed by atoms with van der Waals surface area (Å²) in [4.78, 5) is 22.7. The van der Waals surface area contributed by atoms with E-state index in [0.717, 1.165) is 4.47 Å². The second kappa shape index (κ2) is 6.06. The Kier molecular flexibility index (Phi) is 4.94. The predicted octanol–water partition coefficient (Wildman–Crippen LogP) is 1.76. The second-order valence-electron chi connectivity index (χ2n) is 4.95. The van der Waals surface area contributed by atoms with Gasteiger partial charge < -0.3 is 20.0 Å². The maximum Gasteiger partial charge on any atom is 0.408 e. The first-order chi connectivity index (χ1) is 8.69. The summed E-state index contributed by atoms with van der Waals surface area (Å²) in [7, 11) is 0. The Bertz CT molecular complexity index is 465. The number of hydrogen-bond donors (Lipinski definition) is 1. The van der Waals surface area contributed by atoms with Crippen LogP contribution in [0.15, 0.2) is 28.7 Å². The highest BCUT2D eigenvalue weighted by Gasteiger charge is 2.21. The Labute approximate surface area is 120 Å². The van der Waals surface area contributed by atoms with Crippen molar-refractivity contribution in [2.45, 2.75) is 32.4 Å². The molecule has 0 aromatic heterocycles. The fourth-order valence-corrected chi connectivity index (χ4v) is 1.62. The molecule has 0 radical (unpaired) electrons. The van der Waals surface area contributed by atoms with Crippen LogP contribution < -0.4 is 10.4 Å². The third-order valence-electron chi connectivity index (χ3n) is 2.10. The summed E-state index contributed by atoms with van der Waals surface area (Å²) in [5.74, 6) is -1.40. The number of benzene rings is 1. The van der Waals surface area contributed by atoms with Gasteiger partial charge in [0.1, 0.15) is 5.60 Å². The number of carboxylic acid groups (broad SMARTS) is 1. The van der Waals surface area contributed by atoms with Gasteiger partial charge in [0.15, 0.2) is 0 Å². The Morgan fingerprint density at radius 2 is 1.79 bits per heavy atom. The van der Waals surface area contributed by atoms with Crippen molar-refractivity contribution in [3.05, 3.63) is 34.3 Å². The lowest BCUT2D eigenvalue weighted by molar-refractivity contribution is -0.308. The number of nitrogens with one attached hydrogen (secondary N) is 1. The summed E-state index contributed by atoms with van der Waals surface area (Å²) in [6.07, 6.45) is -0.801. The number of carbonyl (C=O) groups is 2. The summed E-state index contributed by atoms with van der Waals surface area (Å²) in [5, 5.41) is 13.4. The van der Waals surface area contributed by atoms with E-state index < -0.39 is 23.7 Å². The van der Waals surface area contributed by atoms with Gasteiger partial charge in [-0.25, -0.2) is 4.79 Å². The number of carboxylic acids is 1. The van der Waals surface area contributed by atoms with E-state index >= 15 is 0 Å². The van der Waals surface area contributed by atoms with Crippen molar-refractivity contribution in [1.82, 2.24) is 5.32 Å². The molecule has 5 nitrogen and oxygen atoms in total. The van der Waals surface area contributed by atoms with Crippen molar-refractivity contribution in [2.24, 2.45) is 0 Å². The zero-order valence-corrected chi connectivity index (χ0v) is 12.5. The van der Waals surface area contributed by atoms with E-state index in [1.165, 1.54) is 0 Å². The van der Waals surface area contributed by atoms with E-state index in [-0.39, 0.29) is 0 Å². The van der Waals surface area contributed by atoms with E-state index in [4.69, 9.17) is 4.74 Å². The molecule has 1 atom stereocenters. The summed E-state index contributed by atoms with van der Waals surface area (Å²) in [6.45, 7) is 5.08. The van der Waals surface area contributed by atoms with E-state index in [1.54, 1.807) is 45.0 Å². The normalized spacial score (nSPS) is 12.6. The molecule has 0 saturated carbocycles. The molecule has 0 unspecified atom stereocenters. The molecular formula is C13H15BrNO4-. The molecule has 104 valence electrons. The van der Waals surface area contributed by atoms with Crippen LogP contribution >= 0.6 is 15.9 Å². The van der Waals surface area contributed by atoms with Crippen molar-refractivity contribution in [3.63, 3.8) is 0 Å². The topological polar surface area (TPSA) is 78.5 Å². The Morgan fingerprint density at radius 1 is 1.26 bits per heavy atom. The fraction of sp³-hybridized carbons (Fsp3) is 0.385. The highest BCUT2D eigenvalue weighted by atomic mass is 79.9. The minimum atomic E-state index is -1.40. The zero-order chi connectivity index (χ0) is 14.6. The van der Waals surface area contributed by atoms with Crippen LogP contribution in [-0.4, -0.2) is 17.7 Å². The molecule has 0 aliphatic carbocycles. The first-order valence-corrected chi connectivity index (χ1v) is 6.44. The molecule has 1 amide bonds. The monoisotopic (exact) mass is 328 g/mol. The number of rotatable bonds is 3. The number of alkyl carbamates (subject to hydrolysis) is 1. The lowest BCUT2D eigenvalue weighted by Crippen LogP contribution is -2.43. The number of hydrogen-bond acceptors (Lipinski definition) is 4. The van der Waals surface area contributed by atoms with E-state index in [2.05, 4.69) is 21.2 Å². The molecular weight excluding hydrogens is 314 g/mol. The molecule has 0 aliphatic rings. The van der Waals surface area contributed by atoms with Crippen LogP contribution in [-0.2, 0) is 9.53 Å². The molecule has 19 heavy (non-hydrogen) atoms. The maximum atomic E-state index is 11.6. The van der Waals surface area contributed by atoms with E-state index in [9.17, 15) is 14.7 Å². The number of aliphatic carboxylic acids is 1. The standard InChI is InChI=1S/C13H16BrNO4/c1-13(2,3)19-12(18)15-10(11(16)17)8-4-6-9(14)7-5-8/h4-7,10H,1-3H3,(H,15,18)(H,16,17)/p-1/t10-/m1/s1. The van der Waals surface area contributed by atoms with Crippen LogP contribution in [0.5, 0.6) is 0 Å². The van der Waals surface area contributed by atoms with Crippen molar-refractivity contribution < 1.29 is 19.4 Å². The van der Waals surface area contributed by atoms with Gasteiger partial charge in [0.2, 0.25) is 0 Å². The quantitative estimate of drug-likeness (QED) is 0.917. The molecule has 1 aromatic rings. The molecule has 6 heteroatoms. The number of ether oxygens (including phenoxy) is 1. The van der Waals surface area contributed by atoms with E-state index in [1.807, 2.05) is 0 Å². The molecule has 1 rings (SSSR count). The minimum absolute atomic E-state index is 0.411. The first kappa shape index (κ1) is 15.5. The summed E-state index contributed by atoms with van der Waals surface area (Å²) in [6, 6.07) is 5.29. The molecule has 0 spiro atoms. The SMILES string of the molecule is CC(C)(C)OC(=O)N[C@@H](C(=O)[O-])c1ccc(Br)cc1. The van der Waals surface area contributed by atoms with Gasteiger partial charge in [0.25, 0.3) is 0 Å². The summed E-state index contributed by atoms with van der Waals surface area (Å²) in [5.41, 5.74) is -0.283. The van der Waals surface area contributed by atoms with Gasteiger partial charge in [-0.05, 0) is 38.5 Å². The molecule has 1 N–H and O–H groups in total. The second-order valence-corrected chi connectivity index (χ2v) is 5.87. The van der Waals surface area contributed by atoms with Crippen LogP contribution in [0, 0.1) is 0 Å². The van der Waals surface area contributed by atoms with Crippen molar-refractivity contribution >= 4 is 28.0 Å². The lowest BCUT2D eigenvalue weighted by Gasteiger charge is -2.24. The maximum absolute atomic E-state index is 11.6. The number of amides is 1. The minimum Gasteiger partial charge on any atom is -0.548 e. The van der Waals surface area contributed by atoms with Crippen LogP contribution in [0.2, 0.25) is 0 Å². The number of carbonyl (C=O) groups excluding carboxylic acids is 2. The van der Waals surface area contributed by atoms with Gasteiger partial charge in [-0.15, -0.1) is 0 Å². The summed E-state index contributed by atoms with van der Waals surface area (Å²) >= 11 is 3.25. The molecule has 0 fully saturated rings. The molecule has 0 bridgehead atoms. The van der Waals surface area contributed by atoms with Crippen LogP contribution in [0.4, 0.5) is 4.79 Å². The van der Waals surface area contributed by atoms with Gasteiger partial charge in [0.05, 0.1) is 12.0 Å². The third kappa shape index (κ3) is 5.30.